The average molecular weight is 433 g/mol. The van der Waals surface area contributed by atoms with Gasteiger partial charge in [-0.1, -0.05) is 23.7 Å². The standard InChI is InChI=1S/C23H29ClN2O4/c1-17(30-16-18-5-4-6-21(13-18)28-2)23(27)26-11-9-25(10-12-26)15-19-14-20(24)7-8-22(19)29-3/h4-8,13-14,17H,9-12,15-16H2,1-3H3. The third-order valence-corrected chi connectivity index (χ3v) is 5.54. The quantitative estimate of drug-likeness (QED) is 0.637. The highest BCUT2D eigenvalue weighted by atomic mass is 35.5. The first kappa shape index (κ1) is 22.4. The van der Waals surface area contributed by atoms with Gasteiger partial charge in [0.1, 0.15) is 17.6 Å². The molecule has 0 radical (unpaired) electrons. The van der Waals surface area contributed by atoms with E-state index in [9.17, 15) is 4.79 Å². The predicted molar refractivity (Wildman–Crippen MR) is 117 cm³/mol. The zero-order chi connectivity index (χ0) is 21.5. The van der Waals surface area contributed by atoms with E-state index in [1.807, 2.05) is 54.3 Å². The molecule has 3 rings (SSSR count). The molecule has 0 N–H and O–H groups in total. The molecule has 30 heavy (non-hydrogen) atoms. The lowest BCUT2D eigenvalue weighted by molar-refractivity contribution is -0.145. The van der Waals surface area contributed by atoms with Gasteiger partial charge in [0.2, 0.25) is 0 Å². The van der Waals surface area contributed by atoms with Gasteiger partial charge >= 0.3 is 0 Å². The van der Waals surface area contributed by atoms with Crippen molar-refractivity contribution < 1.29 is 19.0 Å². The zero-order valence-corrected chi connectivity index (χ0v) is 18.5. The lowest BCUT2D eigenvalue weighted by Gasteiger charge is -2.36. The summed E-state index contributed by atoms with van der Waals surface area (Å²) in [6.45, 7) is 5.87. The molecule has 1 saturated heterocycles. The number of amides is 1. The fourth-order valence-electron chi connectivity index (χ4n) is 3.55. The fraction of sp³-hybridized carbons (Fsp3) is 0.435. The molecule has 6 nitrogen and oxygen atoms in total. The maximum atomic E-state index is 12.8. The Bertz CT molecular complexity index is 853. The number of carbonyl (C=O) groups excluding carboxylic acids is 1. The van der Waals surface area contributed by atoms with Crippen LogP contribution < -0.4 is 9.47 Å². The van der Waals surface area contributed by atoms with Crippen LogP contribution in [0.25, 0.3) is 0 Å². The molecule has 2 aromatic rings. The molecular weight excluding hydrogens is 404 g/mol. The lowest BCUT2D eigenvalue weighted by Crippen LogP contribution is -2.51. The van der Waals surface area contributed by atoms with Crippen molar-refractivity contribution >= 4 is 17.5 Å². The first-order valence-corrected chi connectivity index (χ1v) is 10.5. The maximum absolute atomic E-state index is 12.8. The molecule has 1 heterocycles. The van der Waals surface area contributed by atoms with Gasteiger partial charge in [-0.2, -0.15) is 0 Å². The summed E-state index contributed by atoms with van der Waals surface area (Å²) in [4.78, 5) is 17.0. The summed E-state index contributed by atoms with van der Waals surface area (Å²) < 4.78 is 16.5. The van der Waals surface area contributed by atoms with Crippen molar-refractivity contribution in [3.8, 4) is 11.5 Å². The molecule has 7 heteroatoms. The number of ether oxygens (including phenoxy) is 3. The highest BCUT2D eigenvalue weighted by Crippen LogP contribution is 2.24. The Morgan fingerprint density at radius 2 is 1.83 bits per heavy atom. The smallest absolute Gasteiger partial charge is 0.251 e. The van der Waals surface area contributed by atoms with Crippen LogP contribution >= 0.6 is 11.6 Å². The van der Waals surface area contributed by atoms with E-state index in [4.69, 9.17) is 25.8 Å². The number of methoxy groups -OCH3 is 2. The van der Waals surface area contributed by atoms with Crippen LogP contribution in [0, 0.1) is 0 Å². The van der Waals surface area contributed by atoms with Crippen molar-refractivity contribution in [3.63, 3.8) is 0 Å². The van der Waals surface area contributed by atoms with E-state index in [0.717, 1.165) is 42.3 Å². The van der Waals surface area contributed by atoms with E-state index in [1.54, 1.807) is 14.2 Å². The lowest BCUT2D eigenvalue weighted by atomic mass is 10.1. The van der Waals surface area contributed by atoms with E-state index in [-0.39, 0.29) is 5.91 Å². The summed E-state index contributed by atoms with van der Waals surface area (Å²) in [5, 5.41) is 0.696. The molecule has 0 bridgehead atoms. The molecule has 1 fully saturated rings. The number of nitrogens with zero attached hydrogens (tertiary/aromatic N) is 2. The Labute approximate surface area is 183 Å². The summed E-state index contributed by atoms with van der Waals surface area (Å²) in [7, 11) is 3.30. The first-order chi connectivity index (χ1) is 14.5. The van der Waals surface area contributed by atoms with E-state index < -0.39 is 6.10 Å². The van der Waals surface area contributed by atoms with Crippen molar-refractivity contribution in [1.82, 2.24) is 9.80 Å². The van der Waals surface area contributed by atoms with Crippen molar-refractivity contribution in [3.05, 3.63) is 58.6 Å². The highest BCUT2D eigenvalue weighted by molar-refractivity contribution is 6.30. The van der Waals surface area contributed by atoms with Gasteiger partial charge in [0.15, 0.2) is 0 Å². The fourth-order valence-corrected chi connectivity index (χ4v) is 3.74. The second kappa shape index (κ2) is 10.7. The molecule has 1 amide bonds. The Morgan fingerprint density at radius 1 is 1.07 bits per heavy atom. The Balaban J connectivity index is 1.48. The minimum absolute atomic E-state index is 0.0258. The van der Waals surface area contributed by atoms with Crippen molar-refractivity contribution in [1.29, 1.82) is 0 Å². The molecule has 0 aliphatic carbocycles. The van der Waals surface area contributed by atoms with Gasteiger partial charge in [0, 0.05) is 43.3 Å². The molecule has 162 valence electrons. The molecule has 0 aromatic heterocycles. The van der Waals surface area contributed by atoms with Gasteiger partial charge in [-0.05, 0) is 42.8 Å². The van der Waals surface area contributed by atoms with Gasteiger partial charge < -0.3 is 19.1 Å². The summed E-state index contributed by atoms with van der Waals surface area (Å²) in [5.74, 6) is 1.64. The summed E-state index contributed by atoms with van der Waals surface area (Å²) in [6.07, 6.45) is -0.490. The maximum Gasteiger partial charge on any atom is 0.251 e. The molecule has 1 aliphatic rings. The number of benzene rings is 2. The first-order valence-electron chi connectivity index (χ1n) is 10.1. The second-order valence-electron chi connectivity index (χ2n) is 7.36. The predicted octanol–water partition coefficient (Wildman–Crippen LogP) is 3.61. The minimum Gasteiger partial charge on any atom is -0.497 e. The highest BCUT2D eigenvalue weighted by Gasteiger charge is 2.26. The van der Waals surface area contributed by atoms with Crippen LogP contribution in [-0.4, -0.2) is 62.2 Å². The zero-order valence-electron chi connectivity index (χ0n) is 17.8. The van der Waals surface area contributed by atoms with Crippen LogP contribution in [-0.2, 0) is 22.7 Å². The SMILES string of the molecule is COc1cccc(COC(C)C(=O)N2CCN(Cc3cc(Cl)ccc3OC)CC2)c1. The summed E-state index contributed by atoms with van der Waals surface area (Å²) >= 11 is 6.13. The second-order valence-corrected chi connectivity index (χ2v) is 7.80. The Hall–Kier alpha value is -2.28. The van der Waals surface area contributed by atoms with Crippen molar-refractivity contribution in [2.75, 3.05) is 40.4 Å². The molecular formula is C23H29ClN2O4. The van der Waals surface area contributed by atoms with Gasteiger partial charge in [-0.3, -0.25) is 9.69 Å². The molecule has 0 spiro atoms. The Morgan fingerprint density at radius 3 is 2.53 bits per heavy atom. The molecule has 1 atom stereocenters. The van der Waals surface area contributed by atoms with E-state index in [2.05, 4.69) is 4.90 Å². The van der Waals surface area contributed by atoms with Crippen molar-refractivity contribution in [2.45, 2.75) is 26.2 Å². The van der Waals surface area contributed by atoms with E-state index in [1.165, 1.54) is 0 Å². The molecule has 1 aliphatic heterocycles. The van der Waals surface area contributed by atoms with E-state index >= 15 is 0 Å². The largest absolute Gasteiger partial charge is 0.497 e. The molecule has 1 unspecified atom stereocenters. The molecule has 0 saturated carbocycles. The summed E-state index contributed by atoms with van der Waals surface area (Å²) in [5.41, 5.74) is 2.04. The normalized spacial score (nSPS) is 15.7. The number of carbonyl (C=O) groups is 1. The van der Waals surface area contributed by atoms with Gasteiger partial charge in [0.05, 0.1) is 20.8 Å². The number of halogens is 1. The molecule has 2 aromatic carbocycles. The van der Waals surface area contributed by atoms with Crippen molar-refractivity contribution in [2.24, 2.45) is 0 Å². The van der Waals surface area contributed by atoms with Crippen LogP contribution in [0.1, 0.15) is 18.1 Å². The van der Waals surface area contributed by atoms with Gasteiger partial charge in [-0.25, -0.2) is 0 Å². The van der Waals surface area contributed by atoms with Crippen LogP contribution in [0.5, 0.6) is 11.5 Å². The third-order valence-electron chi connectivity index (χ3n) is 5.30. The van der Waals surface area contributed by atoms with Gasteiger partial charge in [-0.15, -0.1) is 0 Å². The van der Waals surface area contributed by atoms with Crippen LogP contribution in [0.2, 0.25) is 5.02 Å². The third kappa shape index (κ3) is 5.88. The number of piperazine rings is 1. The topological polar surface area (TPSA) is 51.2 Å². The van der Waals surface area contributed by atoms with Gasteiger partial charge in [0.25, 0.3) is 5.91 Å². The summed E-state index contributed by atoms with van der Waals surface area (Å²) in [6, 6.07) is 13.3. The Kier molecular flexibility index (Phi) is 7.96. The van der Waals surface area contributed by atoms with Crippen LogP contribution in [0.3, 0.4) is 0 Å². The average Bonchev–Trinajstić information content (AvgIpc) is 2.78. The minimum atomic E-state index is -0.490. The number of hydrogen-bond donors (Lipinski definition) is 0. The van der Waals surface area contributed by atoms with E-state index in [0.29, 0.717) is 24.7 Å². The monoisotopic (exact) mass is 432 g/mol. The number of hydrogen-bond acceptors (Lipinski definition) is 5. The number of rotatable bonds is 8. The van der Waals surface area contributed by atoms with Crippen LogP contribution in [0.4, 0.5) is 0 Å². The van der Waals surface area contributed by atoms with Crippen LogP contribution in [0.15, 0.2) is 42.5 Å².